The van der Waals surface area contributed by atoms with Crippen LogP contribution in [0, 0.1) is 0 Å². The Bertz CT molecular complexity index is 775. The topological polar surface area (TPSA) is 18.5 Å². The molecule has 0 aliphatic carbocycles. The second-order valence-electron chi connectivity index (χ2n) is 12.4. The van der Waals surface area contributed by atoms with Gasteiger partial charge < -0.3 is 9.16 Å². The fourth-order valence-corrected chi connectivity index (χ4v) is 10.4. The van der Waals surface area contributed by atoms with Crippen molar-refractivity contribution >= 4 is 18.7 Å². The molecule has 0 spiro atoms. The minimum absolute atomic E-state index is 0.0175. The fourth-order valence-electron chi connectivity index (χ4n) is 5.87. The van der Waals surface area contributed by atoms with E-state index in [1.54, 1.807) is 0 Å². The summed E-state index contributed by atoms with van der Waals surface area (Å²) in [6.07, 6.45) is 22.4. The Balaban J connectivity index is 1.55. The van der Waals surface area contributed by atoms with Crippen molar-refractivity contribution in [2.75, 3.05) is 19.8 Å². The number of hydrogen-bond acceptors (Lipinski definition) is 2. The molecule has 0 N–H and O–H groups in total. The number of unbranched alkanes of at least 4 members (excludes halogenated alkanes) is 15. The molecule has 0 radical (unpaired) electrons. The van der Waals surface area contributed by atoms with Crippen LogP contribution >= 0.6 is 0 Å². The average Bonchev–Trinajstić information content (AvgIpc) is 2.94. The van der Waals surface area contributed by atoms with Crippen LogP contribution in [0.3, 0.4) is 0 Å². The first kappa shape index (κ1) is 33.8. The molecule has 0 saturated heterocycles. The molecule has 0 bridgehead atoms. The van der Waals surface area contributed by atoms with E-state index in [1.807, 2.05) is 0 Å². The summed E-state index contributed by atoms with van der Waals surface area (Å²) in [7, 11) is -2.44. The molecule has 2 aromatic carbocycles. The monoisotopic (exact) mass is 552 g/mol. The van der Waals surface area contributed by atoms with E-state index in [2.05, 4.69) is 88.4 Å². The van der Waals surface area contributed by atoms with Crippen molar-refractivity contribution in [3.05, 3.63) is 60.7 Å². The van der Waals surface area contributed by atoms with Gasteiger partial charge in [0, 0.05) is 6.61 Å². The van der Waals surface area contributed by atoms with Gasteiger partial charge in [0.2, 0.25) is 0 Å². The van der Waals surface area contributed by atoms with Gasteiger partial charge in [-0.05, 0) is 21.8 Å². The highest BCUT2D eigenvalue weighted by atomic mass is 28.4. The summed E-state index contributed by atoms with van der Waals surface area (Å²) in [4.78, 5) is 0. The van der Waals surface area contributed by atoms with E-state index in [9.17, 15) is 0 Å². The Hall–Kier alpha value is -1.42. The predicted molar refractivity (Wildman–Crippen MR) is 174 cm³/mol. The van der Waals surface area contributed by atoms with Crippen LogP contribution in [-0.4, -0.2) is 28.1 Å². The number of benzene rings is 2. The van der Waals surface area contributed by atoms with Crippen molar-refractivity contribution in [2.45, 2.75) is 135 Å². The average molecular weight is 553 g/mol. The summed E-state index contributed by atoms with van der Waals surface area (Å²) in [5, 5.41) is 2.69. The van der Waals surface area contributed by atoms with Crippen LogP contribution < -0.4 is 10.4 Å². The fraction of sp³-hybridized carbons (Fsp3) is 0.667. The third-order valence-corrected chi connectivity index (χ3v) is 13.1. The second-order valence-corrected chi connectivity index (χ2v) is 16.7. The third kappa shape index (κ3) is 12.7. The molecule has 0 aromatic heterocycles. The number of hydrogen-bond donors (Lipinski definition) is 0. The molecule has 0 heterocycles. The van der Waals surface area contributed by atoms with E-state index in [1.165, 1.54) is 107 Å². The van der Waals surface area contributed by atoms with Gasteiger partial charge in [0.1, 0.15) is 0 Å². The third-order valence-electron chi connectivity index (χ3n) is 8.11. The molecule has 220 valence electrons. The van der Waals surface area contributed by atoms with Crippen molar-refractivity contribution in [1.29, 1.82) is 0 Å². The Morgan fingerprint density at radius 1 is 0.487 bits per heavy atom. The van der Waals surface area contributed by atoms with Gasteiger partial charge in [-0.2, -0.15) is 0 Å². The molecule has 3 heteroatoms. The summed E-state index contributed by atoms with van der Waals surface area (Å²) in [5.74, 6) is 0. The Morgan fingerprint density at radius 3 is 1.26 bits per heavy atom. The van der Waals surface area contributed by atoms with E-state index in [-0.39, 0.29) is 5.04 Å². The molecule has 2 nitrogen and oxygen atoms in total. The lowest BCUT2D eigenvalue weighted by atomic mass is 10.0. The Labute approximate surface area is 243 Å². The summed E-state index contributed by atoms with van der Waals surface area (Å²) in [6.45, 7) is 11.4. The van der Waals surface area contributed by atoms with Gasteiger partial charge in [-0.15, -0.1) is 0 Å². The minimum Gasteiger partial charge on any atom is -0.405 e. The molecule has 0 unspecified atom stereocenters. The highest BCUT2D eigenvalue weighted by molar-refractivity contribution is 6.99. The van der Waals surface area contributed by atoms with Gasteiger partial charge in [-0.1, -0.05) is 185 Å². The van der Waals surface area contributed by atoms with Crippen LogP contribution in [0.25, 0.3) is 0 Å². The molecule has 0 aliphatic rings. The molecule has 0 atom stereocenters. The van der Waals surface area contributed by atoms with Crippen molar-refractivity contribution in [3.8, 4) is 0 Å². The maximum absolute atomic E-state index is 6.91. The van der Waals surface area contributed by atoms with Crippen LogP contribution in [0.4, 0.5) is 0 Å². The lowest BCUT2D eigenvalue weighted by molar-refractivity contribution is 0.0939. The first-order valence-electron chi connectivity index (χ1n) is 16.3. The normalized spacial score (nSPS) is 12.2. The summed E-state index contributed by atoms with van der Waals surface area (Å²) >= 11 is 0. The molecule has 2 aromatic rings. The molecule has 0 aliphatic heterocycles. The molecular weight excluding hydrogens is 492 g/mol. The molecule has 0 amide bonds. The molecule has 39 heavy (non-hydrogen) atoms. The SMILES string of the molecule is CCCCCCCCCCCCCCCCCCOCCO[Si](c1ccccc1)(c1ccccc1)C(C)(C)C. The molecule has 0 saturated carbocycles. The van der Waals surface area contributed by atoms with E-state index in [0.717, 1.165) is 13.0 Å². The molecule has 2 rings (SSSR count). The van der Waals surface area contributed by atoms with Crippen LogP contribution in [0.5, 0.6) is 0 Å². The minimum atomic E-state index is -2.44. The van der Waals surface area contributed by atoms with Crippen molar-refractivity contribution in [2.24, 2.45) is 0 Å². The van der Waals surface area contributed by atoms with Crippen molar-refractivity contribution < 1.29 is 9.16 Å². The largest absolute Gasteiger partial charge is 0.405 e. The van der Waals surface area contributed by atoms with E-state index < -0.39 is 8.32 Å². The van der Waals surface area contributed by atoms with E-state index in [4.69, 9.17) is 9.16 Å². The van der Waals surface area contributed by atoms with Gasteiger partial charge in [0.05, 0.1) is 13.2 Å². The van der Waals surface area contributed by atoms with E-state index in [0.29, 0.717) is 13.2 Å². The van der Waals surface area contributed by atoms with Gasteiger partial charge in [-0.25, -0.2) is 0 Å². The first-order valence-corrected chi connectivity index (χ1v) is 18.3. The smallest absolute Gasteiger partial charge is 0.261 e. The zero-order chi connectivity index (χ0) is 28.1. The molecule has 0 fully saturated rings. The Morgan fingerprint density at radius 2 is 0.872 bits per heavy atom. The summed E-state index contributed by atoms with van der Waals surface area (Å²) in [5.41, 5.74) is 0. The number of rotatable bonds is 23. The quantitative estimate of drug-likeness (QED) is 0.101. The van der Waals surface area contributed by atoms with E-state index >= 15 is 0 Å². The van der Waals surface area contributed by atoms with Gasteiger partial charge in [0.15, 0.2) is 0 Å². The Kier molecular flexibility index (Phi) is 17.7. The first-order chi connectivity index (χ1) is 19.0. The van der Waals surface area contributed by atoms with Gasteiger partial charge in [-0.3, -0.25) is 0 Å². The lowest BCUT2D eigenvalue weighted by Crippen LogP contribution is -2.66. The standard InChI is InChI=1S/C36H60O2Si/c1-5-6-7-8-9-10-11-12-13-14-15-16-17-18-19-26-31-37-32-33-38-39(36(2,3)4,34-27-22-20-23-28-34)35-29-24-21-25-30-35/h20-25,27-30H,5-19,26,31-33H2,1-4H3. The maximum Gasteiger partial charge on any atom is 0.261 e. The van der Waals surface area contributed by atoms with Crippen LogP contribution in [0.1, 0.15) is 130 Å². The number of ether oxygens (including phenoxy) is 1. The van der Waals surface area contributed by atoms with Crippen LogP contribution in [0.15, 0.2) is 60.7 Å². The zero-order valence-electron chi connectivity index (χ0n) is 26.0. The van der Waals surface area contributed by atoms with Crippen LogP contribution in [0.2, 0.25) is 5.04 Å². The van der Waals surface area contributed by atoms with Gasteiger partial charge >= 0.3 is 0 Å². The molecular formula is C36H60O2Si. The lowest BCUT2D eigenvalue weighted by Gasteiger charge is -2.43. The highest BCUT2D eigenvalue weighted by Gasteiger charge is 2.49. The van der Waals surface area contributed by atoms with Crippen LogP contribution in [-0.2, 0) is 9.16 Å². The highest BCUT2D eigenvalue weighted by Crippen LogP contribution is 2.36. The summed E-state index contributed by atoms with van der Waals surface area (Å²) in [6, 6.07) is 21.8. The predicted octanol–water partition coefficient (Wildman–Crippen LogP) is 9.84. The summed E-state index contributed by atoms with van der Waals surface area (Å²) < 4.78 is 12.9. The second kappa shape index (κ2) is 20.5. The van der Waals surface area contributed by atoms with Crippen molar-refractivity contribution in [3.63, 3.8) is 0 Å². The zero-order valence-corrected chi connectivity index (χ0v) is 27.0. The van der Waals surface area contributed by atoms with Gasteiger partial charge in [0.25, 0.3) is 8.32 Å². The maximum atomic E-state index is 6.91. The van der Waals surface area contributed by atoms with Crippen molar-refractivity contribution in [1.82, 2.24) is 0 Å².